The van der Waals surface area contributed by atoms with Crippen molar-refractivity contribution in [2.45, 2.75) is 38.6 Å². The van der Waals surface area contributed by atoms with Crippen LogP contribution < -0.4 is 10.2 Å². The lowest BCUT2D eigenvalue weighted by Gasteiger charge is -2.30. The first kappa shape index (κ1) is 21.1. The van der Waals surface area contributed by atoms with Crippen molar-refractivity contribution in [3.8, 4) is 6.07 Å². The van der Waals surface area contributed by atoms with Gasteiger partial charge in [-0.1, -0.05) is 30.3 Å². The first-order valence-electron chi connectivity index (χ1n) is 10.8. The maximum absolute atomic E-state index is 15.3. The number of rotatable bonds is 4. The van der Waals surface area contributed by atoms with E-state index in [9.17, 15) is 10.1 Å². The number of aromatic nitrogens is 1. The second kappa shape index (κ2) is 8.30. The van der Waals surface area contributed by atoms with Crippen LogP contribution >= 0.6 is 0 Å². The van der Waals surface area contributed by atoms with E-state index in [1.165, 1.54) is 11.1 Å². The maximum atomic E-state index is 15.3. The van der Waals surface area contributed by atoms with Gasteiger partial charge in [0.1, 0.15) is 5.41 Å². The molecule has 3 heterocycles. The van der Waals surface area contributed by atoms with Gasteiger partial charge in [-0.05, 0) is 47.4 Å². The minimum atomic E-state index is -0.806. The molecule has 0 unspecified atom stereocenters. The van der Waals surface area contributed by atoms with E-state index in [0.29, 0.717) is 30.9 Å². The molecule has 3 aromatic rings. The molecule has 1 aromatic heterocycles. The summed E-state index contributed by atoms with van der Waals surface area (Å²) >= 11 is 0. The molecule has 2 aromatic carbocycles. The number of benzene rings is 2. The zero-order valence-corrected chi connectivity index (χ0v) is 18.3. The molecule has 0 saturated heterocycles. The lowest BCUT2D eigenvalue weighted by Crippen LogP contribution is -2.33. The molecule has 1 amide bonds. The molecular formula is C26H23FN4O2. The van der Waals surface area contributed by atoms with E-state index < -0.39 is 11.2 Å². The molecule has 0 spiro atoms. The van der Waals surface area contributed by atoms with Gasteiger partial charge < -0.3 is 15.0 Å². The van der Waals surface area contributed by atoms with Crippen molar-refractivity contribution in [3.63, 3.8) is 0 Å². The second-order valence-electron chi connectivity index (χ2n) is 8.71. The van der Waals surface area contributed by atoms with Gasteiger partial charge in [0.2, 0.25) is 0 Å². The van der Waals surface area contributed by atoms with Crippen molar-refractivity contribution in [1.29, 1.82) is 5.26 Å². The zero-order valence-electron chi connectivity index (χ0n) is 18.3. The molecule has 7 heteroatoms. The van der Waals surface area contributed by atoms with Gasteiger partial charge in [-0.2, -0.15) is 5.26 Å². The fourth-order valence-corrected chi connectivity index (χ4v) is 4.51. The van der Waals surface area contributed by atoms with Gasteiger partial charge in [-0.3, -0.25) is 9.78 Å². The minimum absolute atomic E-state index is 0.0327. The average molecular weight is 442 g/mol. The van der Waals surface area contributed by atoms with Crippen LogP contribution in [0.15, 0.2) is 54.7 Å². The Balaban J connectivity index is 1.32. The van der Waals surface area contributed by atoms with Crippen molar-refractivity contribution in [2.75, 3.05) is 11.5 Å². The molecule has 0 bridgehead atoms. The largest absolute Gasteiger partial charge is 0.375 e. The van der Waals surface area contributed by atoms with Crippen LogP contribution in [-0.4, -0.2) is 17.5 Å². The number of hydrogen-bond acceptors (Lipinski definition) is 5. The van der Waals surface area contributed by atoms with E-state index in [1.54, 1.807) is 31.3 Å². The predicted molar refractivity (Wildman–Crippen MR) is 121 cm³/mol. The van der Waals surface area contributed by atoms with Crippen LogP contribution in [0.3, 0.4) is 0 Å². The average Bonchev–Trinajstić information content (AvgIpc) is 3.27. The Morgan fingerprint density at radius 1 is 1.21 bits per heavy atom. The summed E-state index contributed by atoms with van der Waals surface area (Å²) in [6, 6.07) is 17.3. The first-order valence-corrected chi connectivity index (χ1v) is 10.8. The van der Waals surface area contributed by atoms with Crippen LogP contribution in [-0.2, 0) is 36.4 Å². The van der Waals surface area contributed by atoms with Crippen molar-refractivity contribution >= 4 is 11.6 Å². The number of nitrogens with zero attached hydrogens (tertiary/aromatic N) is 3. The van der Waals surface area contributed by atoms with E-state index in [1.807, 2.05) is 23.1 Å². The number of fused-ring (bicyclic) bond motifs is 2. The first-order chi connectivity index (χ1) is 16.0. The number of halogens is 1. The molecule has 0 fully saturated rings. The fraction of sp³-hybridized carbons (Fsp3) is 0.269. The third kappa shape index (κ3) is 3.83. The maximum Gasteiger partial charge on any atom is 0.251 e. The predicted octanol–water partition coefficient (Wildman–Crippen LogP) is 3.98. The molecule has 2 aliphatic rings. The Morgan fingerprint density at radius 3 is 2.70 bits per heavy atom. The van der Waals surface area contributed by atoms with E-state index >= 15 is 4.39 Å². The van der Waals surface area contributed by atoms with Crippen LogP contribution in [0, 0.1) is 17.1 Å². The number of ether oxygens (including phenoxy) is 1. The van der Waals surface area contributed by atoms with Gasteiger partial charge in [-0.15, -0.1) is 0 Å². The Kier molecular flexibility index (Phi) is 5.31. The Morgan fingerprint density at radius 2 is 1.97 bits per heavy atom. The Hall–Kier alpha value is -3.76. The summed E-state index contributed by atoms with van der Waals surface area (Å²) in [4.78, 5) is 18.9. The molecule has 0 aliphatic carbocycles. The number of anilines is 1. The van der Waals surface area contributed by atoms with Crippen molar-refractivity contribution < 1.29 is 13.9 Å². The molecule has 166 valence electrons. The van der Waals surface area contributed by atoms with E-state index in [0.717, 1.165) is 11.1 Å². The van der Waals surface area contributed by atoms with Crippen molar-refractivity contribution in [3.05, 3.63) is 94.1 Å². The molecule has 6 nitrogen and oxygen atoms in total. The fourth-order valence-electron chi connectivity index (χ4n) is 4.51. The Labute approximate surface area is 191 Å². The monoisotopic (exact) mass is 442 g/mol. The van der Waals surface area contributed by atoms with E-state index in [-0.39, 0.29) is 24.8 Å². The number of hydrogen-bond donors (Lipinski definition) is 1. The lowest BCUT2D eigenvalue weighted by molar-refractivity contribution is 0.0757. The molecule has 0 radical (unpaired) electrons. The topological polar surface area (TPSA) is 78.2 Å². The van der Waals surface area contributed by atoms with Crippen LogP contribution in [0.5, 0.6) is 0 Å². The third-order valence-corrected chi connectivity index (χ3v) is 6.40. The summed E-state index contributed by atoms with van der Waals surface area (Å²) in [5, 5.41) is 12.4. The highest BCUT2D eigenvalue weighted by molar-refractivity contribution is 5.94. The van der Waals surface area contributed by atoms with Crippen molar-refractivity contribution in [1.82, 2.24) is 10.3 Å². The molecule has 33 heavy (non-hydrogen) atoms. The van der Waals surface area contributed by atoms with Gasteiger partial charge in [0, 0.05) is 24.8 Å². The quantitative estimate of drug-likeness (QED) is 0.661. The lowest BCUT2D eigenvalue weighted by atomic mass is 9.79. The zero-order chi connectivity index (χ0) is 23.0. The highest BCUT2D eigenvalue weighted by Crippen LogP contribution is 2.33. The molecule has 5 rings (SSSR count). The number of amides is 1. The van der Waals surface area contributed by atoms with Crippen LogP contribution in [0.4, 0.5) is 10.1 Å². The molecule has 1 N–H and O–H groups in total. The standard InChI is InChI=1S/C26H23FN4O2/c1-26(15-28)16-33-14-20-7-6-17(10-21(20)26)25(32)30-11-22-24(27)23(8-9-29-22)31-12-18-4-2-3-5-19(18)13-31/h2-10H,11-14,16H2,1H3,(H,30,32)/t26-/m1/s1. The second-order valence-corrected chi connectivity index (χ2v) is 8.71. The normalized spacial score (nSPS) is 18.9. The summed E-state index contributed by atoms with van der Waals surface area (Å²) in [5.74, 6) is -0.769. The third-order valence-electron chi connectivity index (χ3n) is 6.40. The summed E-state index contributed by atoms with van der Waals surface area (Å²) in [6.07, 6.45) is 1.57. The highest BCUT2D eigenvalue weighted by Gasteiger charge is 2.33. The highest BCUT2D eigenvalue weighted by atomic mass is 19.1. The van der Waals surface area contributed by atoms with Crippen LogP contribution in [0.1, 0.15) is 45.2 Å². The Bertz CT molecular complexity index is 1260. The number of carbonyl (C=O) groups excluding carboxylic acids is 1. The number of carbonyl (C=O) groups is 1. The van der Waals surface area contributed by atoms with Crippen molar-refractivity contribution in [2.24, 2.45) is 0 Å². The van der Waals surface area contributed by atoms with Gasteiger partial charge in [0.15, 0.2) is 5.82 Å². The smallest absolute Gasteiger partial charge is 0.251 e. The van der Waals surface area contributed by atoms with E-state index in [4.69, 9.17) is 4.74 Å². The van der Waals surface area contributed by atoms with Gasteiger partial charge in [0.25, 0.3) is 5.91 Å². The molecule has 2 aliphatic heterocycles. The SMILES string of the molecule is C[C@@]1(C#N)COCc2ccc(C(=O)NCc3nccc(N4Cc5ccccc5C4)c3F)cc21. The van der Waals surface area contributed by atoms with Crippen LogP contribution in [0.2, 0.25) is 0 Å². The van der Waals surface area contributed by atoms with Gasteiger partial charge in [-0.25, -0.2) is 4.39 Å². The summed E-state index contributed by atoms with van der Waals surface area (Å²) in [5.41, 5.74) is 4.34. The van der Waals surface area contributed by atoms with Gasteiger partial charge in [0.05, 0.1) is 37.2 Å². The molecular weight excluding hydrogens is 419 g/mol. The minimum Gasteiger partial charge on any atom is -0.375 e. The van der Waals surface area contributed by atoms with Gasteiger partial charge >= 0.3 is 0 Å². The summed E-state index contributed by atoms with van der Waals surface area (Å²) in [6.45, 7) is 3.74. The number of nitriles is 1. The number of pyridine rings is 1. The molecule has 0 saturated carbocycles. The summed E-state index contributed by atoms with van der Waals surface area (Å²) in [7, 11) is 0. The number of nitrogens with one attached hydrogen (secondary N) is 1. The van der Waals surface area contributed by atoms with E-state index in [2.05, 4.69) is 28.5 Å². The van der Waals surface area contributed by atoms with Crippen LogP contribution in [0.25, 0.3) is 0 Å². The summed E-state index contributed by atoms with van der Waals surface area (Å²) < 4.78 is 20.8. The molecule has 1 atom stereocenters.